The Morgan fingerprint density at radius 1 is 1.10 bits per heavy atom. The fourth-order valence-electron chi connectivity index (χ4n) is 6.96. The fraction of sp³-hybridized carbons (Fsp3) is 0.412. The minimum absolute atomic E-state index is 0.0898. The topological polar surface area (TPSA) is 149 Å². The van der Waals surface area contributed by atoms with Crippen molar-refractivity contribution in [1.29, 1.82) is 0 Å². The van der Waals surface area contributed by atoms with Crippen LogP contribution in [0.25, 0.3) is 11.4 Å². The van der Waals surface area contributed by atoms with Crippen molar-refractivity contribution in [3.05, 3.63) is 89.8 Å². The van der Waals surface area contributed by atoms with Crippen LogP contribution in [0.5, 0.6) is 0 Å². The molecule has 2 fully saturated rings. The predicted molar refractivity (Wildman–Crippen MR) is 170 cm³/mol. The maximum absolute atomic E-state index is 13.6. The standard InChI is InChI=1S/C34H37F3N8O4/c1-22(46)41-28(15-27-17-38-21-40-27)30(47)39-16-26-19-44(18-23-6-3-2-4-7-23)20-33(26)10-12-45(13-11-33)31(48)25-9-5-8-24(14-25)29-42-32(49-43-29)34(35,36)37/h2-9,14,17,21,26,28H,10-13,15-16,18-20H2,1H3,(H,38,40)(H,39,47)(H,41,46). The van der Waals surface area contributed by atoms with E-state index in [0.29, 0.717) is 38.0 Å². The van der Waals surface area contributed by atoms with E-state index in [0.717, 1.165) is 25.3 Å². The summed E-state index contributed by atoms with van der Waals surface area (Å²) in [5.41, 5.74) is 2.29. The number of hydrogen-bond donors (Lipinski definition) is 3. The SMILES string of the molecule is CC(=O)NC(Cc1cnc[nH]1)C(=O)NCC1CN(Cc2ccccc2)CC12CCN(C(=O)c1cccc(-c3noc(C(F)(F)F)n3)c1)CC2. The molecule has 2 aromatic carbocycles. The number of carbonyl (C=O) groups excluding carboxylic acids is 3. The molecule has 2 aromatic heterocycles. The molecule has 2 aliphatic rings. The van der Waals surface area contributed by atoms with Crippen molar-refractivity contribution in [2.75, 3.05) is 32.7 Å². The second kappa shape index (κ2) is 14.2. The Bertz CT molecular complexity index is 1750. The monoisotopic (exact) mass is 678 g/mol. The van der Waals surface area contributed by atoms with Gasteiger partial charge < -0.3 is 25.0 Å². The number of amides is 3. The normalized spacial score (nSPS) is 18.4. The van der Waals surface area contributed by atoms with Crippen LogP contribution in [0.4, 0.5) is 13.2 Å². The molecule has 15 heteroatoms. The van der Waals surface area contributed by atoms with Crippen molar-refractivity contribution < 1.29 is 32.1 Å². The zero-order valence-electron chi connectivity index (χ0n) is 26.9. The predicted octanol–water partition coefficient (Wildman–Crippen LogP) is 3.70. The van der Waals surface area contributed by atoms with Crippen LogP contribution < -0.4 is 10.6 Å². The molecule has 0 saturated carbocycles. The Labute approximate surface area is 280 Å². The summed E-state index contributed by atoms with van der Waals surface area (Å²) in [6, 6.07) is 15.6. The van der Waals surface area contributed by atoms with Gasteiger partial charge in [-0.15, -0.1) is 0 Å². The van der Waals surface area contributed by atoms with Crippen molar-refractivity contribution in [2.45, 2.75) is 44.9 Å². The lowest BCUT2D eigenvalue weighted by Crippen LogP contribution is -2.51. The summed E-state index contributed by atoms with van der Waals surface area (Å²) >= 11 is 0. The second-order valence-electron chi connectivity index (χ2n) is 12.8. The number of nitrogens with zero attached hydrogens (tertiary/aromatic N) is 5. The molecule has 6 rings (SSSR count). The van der Waals surface area contributed by atoms with E-state index in [2.05, 4.69) is 52.3 Å². The third kappa shape index (κ3) is 7.99. The van der Waals surface area contributed by atoms with Crippen molar-refractivity contribution in [1.82, 2.24) is 40.5 Å². The number of halogens is 3. The average molecular weight is 679 g/mol. The zero-order chi connectivity index (χ0) is 34.6. The highest BCUT2D eigenvalue weighted by molar-refractivity contribution is 5.95. The lowest BCUT2D eigenvalue weighted by molar-refractivity contribution is -0.159. The second-order valence-corrected chi connectivity index (χ2v) is 12.8. The molecule has 2 atom stereocenters. The highest BCUT2D eigenvalue weighted by Crippen LogP contribution is 2.45. The molecule has 2 saturated heterocycles. The van der Waals surface area contributed by atoms with Crippen molar-refractivity contribution in [3.63, 3.8) is 0 Å². The Balaban J connectivity index is 1.14. The number of carbonyl (C=O) groups is 3. The van der Waals surface area contributed by atoms with E-state index in [1.165, 1.54) is 30.9 Å². The number of imidazole rings is 1. The number of likely N-dealkylation sites (tertiary alicyclic amines) is 2. The molecule has 258 valence electrons. The third-order valence-corrected chi connectivity index (χ3v) is 9.41. The number of aromatic nitrogens is 4. The van der Waals surface area contributed by atoms with Gasteiger partial charge in [-0.2, -0.15) is 18.2 Å². The summed E-state index contributed by atoms with van der Waals surface area (Å²) in [4.78, 5) is 53.5. The largest absolute Gasteiger partial charge is 0.471 e. The van der Waals surface area contributed by atoms with Gasteiger partial charge in [-0.05, 0) is 41.9 Å². The van der Waals surface area contributed by atoms with E-state index in [4.69, 9.17) is 0 Å². The molecule has 0 radical (unpaired) electrons. The van der Waals surface area contributed by atoms with Gasteiger partial charge in [-0.1, -0.05) is 47.6 Å². The van der Waals surface area contributed by atoms with E-state index in [-0.39, 0.29) is 46.9 Å². The van der Waals surface area contributed by atoms with Gasteiger partial charge in [0.1, 0.15) is 6.04 Å². The van der Waals surface area contributed by atoms with Crippen LogP contribution in [-0.4, -0.2) is 86.4 Å². The molecule has 0 bridgehead atoms. The molecule has 12 nitrogen and oxygen atoms in total. The molecule has 3 amide bonds. The number of aromatic amines is 1. The number of rotatable bonds is 10. The van der Waals surface area contributed by atoms with Crippen LogP contribution in [0.15, 0.2) is 71.6 Å². The van der Waals surface area contributed by atoms with Crippen LogP contribution in [0.3, 0.4) is 0 Å². The molecular weight excluding hydrogens is 641 g/mol. The quantitative estimate of drug-likeness (QED) is 0.230. The average Bonchev–Trinajstić information content (AvgIpc) is 3.85. The van der Waals surface area contributed by atoms with Crippen LogP contribution in [0.1, 0.15) is 47.3 Å². The summed E-state index contributed by atoms with van der Waals surface area (Å²) in [7, 11) is 0. The van der Waals surface area contributed by atoms with Crippen LogP contribution in [-0.2, 0) is 28.7 Å². The maximum Gasteiger partial charge on any atom is 0.471 e. The Morgan fingerprint density at radius 3 is 2.55 bits per heavy atom. The summed E-state index contributed by atoms with van der Waals surface area (Å²) in [6.45, 7) is 5.03. The van der Waals surface area contributed by atoms with E-state index < -0.39 is 18.1 Å². The summed E-state index contributed by atoms with van der Waals surface area (Å²) in [5.74, 6) is -2.44. The number of benzene rings is 2. The summed E-state index contributed by atoms with van der Waals surface area (Å²) in [6.07, 6.45) is 0.0516. The number of alkyl halides is 3. The van der Waals surface area contributed by atoms with E-state index in [1.807, 2.05) is 18.2 Å². The first-order chi connectivity index (χ1) is 23.5. The first-order valence-corrected chi connectivity index (χ1v) is 16.1. The highest BCUT2D eigenvalue weighted by atomic mass is 19.4. The number of piperidine rings is 1. The van der Waals surface area contributed by atoms with Gasteiger partial charge in [-0.25, -0.2) is 4.98 Å². The Kier molecular flexibility index (Phi) is 9.81. The van der Waals surface area contributed by atoms with Crippen molar-refractivity contribution >= 4 is 17.7 Å². The first-order valence-electron chi connectivity index (χ1n) is 16.1. The van der Waals surface area contributed by atoms with E-state index in [9.17, 15) is 27.6 Å². The third-order valence-electron chi connectivity index (χ3n) is 9.41. The zero-order valence-corrected chi connectivity index (χ0v) is 26.9. The molecule has 1 spiro atoms. The maximum atomic E-state index is 13.6. The van der Waals surface area contributed by atoms with Gasteiger partial charge in [0.15, 0.2) is 0 Å². The Morgan fingerprint density at radius 2 is 1.88 bits per heavy atom. The van der Waals surface area contributed by atoms with E-state index >= 15 is 0 Å². The number of hydrogen-bond acceptors (Lipinski definition) is 8. The van der Waals surface area contributed by atoms with Crippen molar-refractivity contribution in [3.8, 4) is 11.4 Å². The number of nitrogens with one attached hydrogen (secondary N) is 3. The minimum Gasteiger partial charge on any atom is -0.354 e. The Hall–Kier alpha value is -5.05. The van der Waals surface area contributed by atoms with Gasteiger partial charge in [0.05, 0.1) is 6.33 Å². The van der Waals surface area contributed by atoms with Crippen LogP contribution in [0, 0.1) is 11.3 Å². The molecule has 2 unspecified atom stereocenters. The summed E-state index contributed by atoms with van der Waals surface area (Å²) < 4.78 is 43.3. The molecular formula is C34H37F3N8O4. The molecule has 3 N–H and O–H groups in total. The minimum atomic E-state index is -4.77. The molecule has 49 heavy (non-hydrogen) atoms. The molecule has 4 aromatic rings. The molecule has 2 aliphatic heterocycles. The lowest BCUT2D eigenvalue weighted by atomic mass is 9.70. The van der Waals surface area contributed by atoms with Gasteiger partial charge in [-0.3, -0.25) is 19.3 Å². The van der Waals surface area contributed by atoms with Gasteiger partial charge in [0.2, 0.25) is 17.6 Å². The van der Waals surface area contributed by atoms with Gasteiger partial charge in [0, 0.05) is 75.6 Å². The first kappa shape index (κ1) is 33.8. The smallest absolute Gasteiger partial charge is 0.354 e. The van der Waals surface area contributed by atoms with Crippen molar-refractivity contribution in [2.24, 2.45) is 11.3 Å². The van der Waals surface area contributed by atoms with Gasteiger partial charge >= 0.3 is 12.1 Å². The highest BCUT2D eigenvalue weighted by Gasteiger charge is 2.48. The van der Waals surface area contributed by atoms with E-state index in [1.54, 1.807) is 23.2 Å². The molecule has 0 aliphatic carbocycles. The van der Waals surface area contributed by atoms with Crippen LogP contribution >= 0.6 is 0 Å². The molecule has 4 heterocycles. The lowest BCUT2D eigenvalue weighted by Gasteiger charge is -2.43. The fourth-order valence-corrected chi connectivity index (χ4v) is 6.96. The van der Waals surface area contributed by atoms with Crippen LogP contribution in [0.2, 0.25) is 0 Å². The number of H-pyrrole nitrogens is 1. The summed E-state index contributed by atoms with van der Waals surface area (Å²) in [5, 5.41) is 9.29. The van der Waals surface area contributed by atoms with Gasteiger partial charge in [0.25, 0.3) is 5.91 Å².